The molecule has 0 bridgehead atoms. The summed E-state index contributed by atoms with van der Waals surface area (Å²) in [6.07, 6.45) is 1.80. The summed E-state index contributed by atoms with van der Waals surface area (Å²) in [5.74, 6) is 1.15. The summed E-state index contributed by atoms with van der Waals surface area (Å²) in [6, 6.07) is 17.9. The average molecular weight is 473 g/mol. The van der Waals surface area contributed by atoms with Crippen LogP contribution in [0.15, 0.2) is 64.1 Å². The molecule has 0 heterocycles. The second kappa shape index (κ2) is 9.95. The molecule has 0 aliphatic heterocycles. The van der Waals surface area contributed by atoms with Crippen LogP contribution < -0.4 is 9.47 Å². The lowest BCUT2D eigenvalue weighted by Gasteiger charge is -2.14. The number of aryl methyl sites for hydroxylation is 2. The van der Waals surface area contributed by atoms with Crippen LogP contribution in [0.25, 0.3) is 0 Å². The molecule has 150 valence electrons. The number of nitrogens with zero attached hydrogens (tertiary/aromatic N) is 1. The number of rotatable bonds is 7. The van der Waals surface area contributed by atoms with Crippen molar-refractivity contribution < 1.29 is 9.47 Å². The Morgan fingerprint density at radius 1 is 1.00 bits per heavy atom. The molecule has 3 aromatic carbocycles. The highest BCUT2D eigenvalue weighted by atomic mass is 79.9. The van der Waals surface area contributed by atoms with Crippen LogP contribution >= 0.6 is 27.5 Å². The van der Waals surface area contributed by atoms with Gasteiger partial charge >= 0.3 is 0 Å². The van der Waals surface area contributed by atoms with Crippen molar-refractivity contribution in [3.8, 4) is 11.5 Å². The van der Waals surface area contributed by atoms with Crippen molar-refractivity contribution in [1.82, 2.24) is 0 Å². The molecule has 0 aliphatic rings. The standard InChI is InChI=1S/C24H23BrClNO2/c1-4-28-23-13-19(14-27-22-11-16(2)5-6-17(22)3)12-21(26)24(23)29-15-18-7-9-20(25)10-8-18/h5-14H,4,15H2,1-3H3. The van der Waals surface area contributed by atoms with E-state index in [4.69, 9.17) is 21.1 Å². The van der Waals surface area contributed by atoms with Crippen molar-refractivity contribution in [2.24, 2.45) is 4.99 Å². The van der Waals surface area contributed by atoms with E-state index < -0.39 is 0 Å². The van der Waals surface area contributed by atoms with Gasteiger partial charge in [0.25, 0.3) is 0 Å². The number of hydrogen-bond acceptors (Lipinski definition) is 3. The van der Waals surface area contributed by atoms with Crippen molar-refractivity contribution in [1.29, 1.82) is 0 Å². The number of ether oxygens (including phenoxy) is 2. The first kappa shape index (κ1) is 21.4. The van der Waals surface area contributed by atoms with Crippen LogP contribution in [0.5, 0.6) is 11.5 Å². The molecular weight excluding hydrogens is 450 g/mol. The smallest absolute Gasteiger partial charge is 0.180 e. The van der Waals surface area contributed by atoms with Gasteiger partial charge in [0.05, 0.1) is 17.3 Å². The van der Waals surface area contributed by atoms with E-state index in [1.165, 1.54) is 5.56 Å². The fourth-order valence-corrected chi connectivity index (χ4v) is 3.34. The van der Waals surface area contributed by atoms with Crippen molar-refractivity contribution in [3.63, 3.8) is 0 Å². The van der Waals surface area contributed by atoms with Gasteiger partial charge in [-0.2, -0.15) is 0 Å². The van der Waals surface area contributed by atoms with Crippen LogP contribution in [0.3, 0.4) is 0 Å². The topological polar surface area (TPSA) is 30.8 Å². The SMILES string of the molecule is CCOc1cc(C=Nc2cc(C)ccc2C)cc(Cl)c1OCc1ccc(Br)cc1. The minimum absolute atomic E-state index is 0.406. The second-order valence-electron chi connectivity index (χ2n) is 6.73. The molecule has 0 atom stereocenters. The predicted octanol–water partition coefficient (Wildman–Crippen LogP) is 7.45. The van der Waals surface area contributed by atoms with E-state index in [1.54, 1.807) is 6.21 Å². The van der Waals surface area contributed by atoms with Gasteiger partial charge in [0.2, 0.25) is 0 Å². The van der Waals surface area contributed by atoms with Crippen LogP contribution in [0.4, 0.5) is 5.69 Å². The van der Waals surface area contributed by atoms with Crippen LogP contribution in [-0.2, 0) is 6.61 Å². The van der Waals surface area contributed by atoms with Gasteiger partial charge in [0.15, 0.2) is 11.5 Å². The Morgan fingerprint density at radius 2 is 1.76 bits per heavy atom. The summed E-state index contributed by atoms with van der Waals surface area (Å²) in [5, 5.41) is 0.496. The lowest BCUT2D eigenvalue weighted by Crippen LogP contribution is -2.01. The first-order chi connectivity index (χ1) is 14.0. The average Bonchev–Trinajstić information content (AvgIpc) is 2.69. The maximum absolute atomic E-state index is 6.53. The highest BCUT2D eigenvalue weighted by Gasteiger charge is 2.12. The summed E-state index contributed by atoms with van der Waals surface area (Å²) in [4.78, 5) is 4.63. The summed E-state index contributed by atoms with van der Waals surface area (Å²) in [5.41, 5.74) is 5.14. The minimum atomic E-state index is 0.406. The number of hydrogen-bond donors (Lipinski definition) is 0. The van der Waals surface area contributed by atoms with E-state index >= 15 is 0 Å². The highest BCUT2D eigenvalue weighted by Crippen LogP contribution is 2.37. The molecule has 0 saturated carbocycles. The van der Waals surface area contributed by atoms with E-state index in [-0.39, 0.29) is 0 Å². The van der Waals surface area contributed by atoms with Gasteiger partial charge in [-0.05, 0) is 73.4 Å². The maximum Gasteiger partial charge on any atom is 0.180 e. The Labute approximate surface area is 185 Å². The van der Waals surface area contributed by atoms with E-state index in [2.05, 4.69) is 46.0 Å². The maximum atomic E-state index is 6.53. The van der Waals surface area contributed by atoms with Crippen LogP contribution in [-0.4, -0.2) is 12.8 Å². The van der Waals surface area contributed by atoms with E-state index in [0.29, 0.717) is 29.7 Å². The van der Waals surface area contributed by atoms with Gasteiger partial charge < -0.3 is 9.47 Å². The monoisotopic (exact) mass is 471 g/mol. The zero-order valence-corrected chi connectivity index (χ0v) is 19.0. The Hall–Kier alpha value is -2.30. The molecule has 3 rings (SSSR count). The van der Waals surface area contributed by atoms with Crippen molar-refractivity contribution >= 4 is 39.4 Å². The molecule has 0 spiro atoms. The second-order valence-corrected chi connectivity index (χ2v) is 8.05. The van der Waals surface area contributed by atoms with Crippen molar-refractivity contribution in [3.05, 3.63) is 86.3 Å². The molecule has 3 aromatic rings. The van der Waals surface area contributed by atoms with Crippen LogP contribution in [0.2, 0.25) is 5.02 Å². The molecule has 0 unspecified atom stereocenters. The van der Waals surface area contributed by atoms with Gasteiger partial charge in [-0.3, -0.25) is 4.99 Å². The molecular formula is C24H23BrClNO2. The lowest BCUT2D eigenvalue weighted by atomic mass is 10.1. The molecule has 0 fully saturated rings. The van der Waals surface area contributed by atoms with E-state index in [1.807, 2.05) is 50.2 Å². The predicted molar refractivity (Wildman–Crippen MR) is 124 cm³/mol. The van der Waals surface area contributed by atoms with Crippen LogP contribution in [0.1, 0.15) is 29.2 Å². The molecule has 0 saturated heterocycles. The summed E-state index contributed by atoms with van der Waals surface area (Å²) < 4.78 is 12.8. The number of benzene rings is 3. The molecule has 5 heteroatoms. The Kier molecular flexibility index (Phi) is 7.34. The third-order valence-electron chi connectivity index (χ3n) is 4.35. The van der Waals surface area contributed by atoms with Gasteiger partial charge in [-0.25, -0.2) is 0 Å². The molecule has 3 nitrogen and oxygen atoms in total. The van der Waals surface area contributed by atoms with Gasteiger partial charge in [-0.1, -0.05) is 51.8 Å². The molecule has 0 aliphatic carbocycles. The molecule has 29 heavy (non-hydrogen) atoms. The van der Waals surface area contributed by atoms with Crippen molar-refractivity contribution in [2.45, 2.75) is 27.4 Å². The molecule has 0 amide bonds. The molecule has 0 aromatic heterocycles. The van der Waals surface area contributed by atoms with Gasteiger partial charge in [0.1, 0.15) is 6.61 Å². The van der Waals surface area contributed by atoms with Crippen LogP contribution in [0, 0.1) is 13.8 Å². The normalized spacial score (nSPS) is 11.1. The Balaban J connectivity index is 1.84. The summed E-state index contributed by atoms with van der Waals surface area (Å²) in [6.45, 7) is 6.96. The summed E-state index contributed by atoms with van der Waals surface area (Å²) >= 11 is 9.96. The minimum Gasteiger partial charge on any atom is -0.490 e. The number of aliphatic imine (C=N–C) groups is 1. The van der Waals surface area contributed by atoms with Crippen molar-refractivity contribution in [2.75, 3.05) is 6.61 Å². The largest absolute Gasteiger partial charge is 0.490 e. The first-order valence-corrected chi connectivity index (χ1v) is 10.6. The Morgan fingerprint density at radius 3 is 2.48 bits per heavy atom. The van der Waals surface area contributed by atoms with E-state index in [9.17, 15) is 0 Å². The summed E-state index contributed by atoms with van der Waals surface area (Å²) in [7, 11) is 0. The zero-order valence-electron chi connectivity index (χ0n) is 16.7. The quantitative estimate of drug-likeness (QED) is 0.334. The fraction of sp³-hybridized carbons (Fsp3) is 0.208. The van der Waals surface area contributed by atoms with Gasteiger partial charge in [0, 0.05) is 10.7 Å². The lowest BCUT2D eigenvalue weighted by molar-refractivity contribution is 0.269. The molecule has 0 N–H and O–H groups in total. The third kappa shape index (κ3) is 5.84. The van der Waals surface area contributed by atoms with Gasteiger partial charge in [-0.15, -0.1) is 0 Å². The highest BCUT2D eigenvalue weighted by molar-refractivity contribution is 9.10. The van der Waals surface area contributed by atoms with E-state index in [0.717, 1.165) is 26.9 Å². The molecule has 0 radical (unpaired) electrons. The number of halogens is 2. The fourth-order valence-electron chi connectivity index (χ4n) is 2.80. The zero-order chi connectivity index (χ0) is 20.8. The first-order valence-electron chi connectivity index (χ1n) is 9.41. The Bertz CT molecular complexity index is 1020. The third-order valence-corrected chi connectivity index (χ3v) is 5.15.